The Morgan fingerprint density at radius 3 is 3.20 bits per heavy atom. The van der Waals surface area contributed by atoms with Gasteiger partial charge in [-0.2, -0.15) is 0 Å². The molecule has 0 aromatic carbocycles. The van der Waals surface area contributed by atoms with Crippen molar-refractivity contribution in [1.29, 1.82) is 0 Å². The summed E-state index contributed by atoms with van der Waals surface area (Å²) >= 11 is 5.89. The van der Waals surface area contributed by atoms with Crippen LogP contribution < -0.4 is 0 Å². The third-order valence-corrected chi connectivity index (χ3v) is 3.09. The van der Waals surface area contributed by atoms with Crippen molar-refractivity contribution in [2.24, 2.45) is 0 Å². The van der Waals surface area contributed by atoms with Gasteiger partial charge in [-0.1, -0.05) is 11.6 Å². The maximum absolute atomic E-state index is 9.18. The Morgan fingerprint density at radius 2 is 2.47 bits per heavy atom. The molecule has 0 bridgehead atoms. The molecule has 1 N–H and O–H groups in total. The lowest BCUT2D eigenvalue weighted by Gasteiger charge is -2.21. The minimum absolute atomic E-state index is 0.237. The van der Waals surface area contributed by atoms with E-state index in [9.17, 15) is 5.11 Å². The lowest BCUT2D eigenvalue weighted by molar-refractivity contribution is 0.152. The van der Waals surface area contributed by atoms with E-state index in [1.165, 1.54) is 0 Å². The van der Waals surface area contributed by atoms with E-state index in [1.54, 1.807) is 12.3 Å². The molecule has 0 aliphatic carbocycles. The molecular formula is C11H15ClN2O. The van der Waals surface area contributed by atoms with Crippen molar-refractivity contribution >= 4 is 11.6 Å². The summed E-state index contributed by atoms with van der Waals surface area (Å²) in [6.07, 6.45) is 3.96. The number of hydrogen-bond acceptors (Lipinski definition) is 3. The molecule has 1 atom stereocenters. The second kappa shape index (κ2) is 4.92. The smallest absolute Gasteiger partial charge is 0.0587 e. The Bertz CT molecular complexity index is 332. The van der Waals surface area contributed by atoms with Crippen LogP contribution in [0.3, 0.4) is 0 Å². The van der Waals surface area contributed by atoms with Gasteiger partial charge in [-0.05, 0) is 31.5 Å². The molecule has 82 valence electrons. The number of aliphatic hydroxyl groups excluding tert-OH is 1. The molecule has 0 unspecified atom stereocenters. The van der Waals surface area contributed by atoms with Gasteiger partial charge in [0.2, 0.25) is 0 Å². The number of rotatable bonds is 3. The molecule has 0 spiro atoms. The summed E-state index contributed by atoms with van der Waals surface area (Å²) < 4.78 is 0. The highest BCUT2D eigenvalue weighted by molar-refractivity contribution is 6.30. The second-order valence-corrected chi connectivity index (χ2v) is 4.35. The lowest BCUT2D eigenvalue weighted by Crippen LogP contribution is -2.31. The summed E-state index contributed by atoms with van der Waals surface area (Å²) in [4.78, 5) is 6.53. The minimum atomic E-state index is 0.237. The Hall–Kier alpha value is -0.640. The second-order valence-electron chi connectivity index (χ2n) is 3.91. The molecule has 1 aromatic heterocycles. The van der Waals surface area contributed by atoms with Gasteiger partial charge in [0.05, 0.1) is 12.3 Å². The van der Waals surface area contributed by atoms with E-state index in [2.05, 4.69) is 9.88 Å². The molecule has 1 saturated heterocycles. The molecule has 1 aliphatic heterocycles. The molecule has 3 nitrogen and oxygen atoms in total. The van der Waals surface area contributed by atoms with E-state index in [1.807, 2.05) is 6.07 Å². The van der Waals surface area contributed by atoms with E-state index in [0.29, 0.717) is 6.04 Å². The van der Waals surface area contributed by atoms with Crippen LogP contribution in [0.4, 0.5) is 0 Å². The minimum Gasteiger partial charge on any atom is -0.395 e. The van der Waals surface area contributed by atoms with Crippen LogP contribution in [-0.2, 0) is 6.54 Å². The number of pyridine rings is 1. The summed E-state index contributed by atoms with van der Waals surface area (Å²) in [7, 11) is 0. The summed E-state index contributed by atoms with van der Waals surface area (Å²) in [5, 5.41) is 9.90. The van der Waals surface area contributed by atoms with Crippen LogP contribution in [0.25, 0.3) is 0 Å². The highest BCUT2D eigenvalue weighted by atomic mass is 35.5. The molecule has 0 amide bonds. The maximum Gasteiger partial charge on any atom is 0.0587 e. The zero-order valence-corrected chi connectivity index (χ0v) is 9.32. The normalized spacial score (nSPS) is 22.1. The third kappa shape index (κ3) is 2.68. The van der Waals surface area contributed by atoms with Crippen molar-refractivity contribution in [1.82, 2.24) is 9.88 Å². The van der Waals surface area contributed by atoms with E-state index in [0.717, 1.165) is 36.6 Å². The fraction of sp³-hybridized carbons (Fsp3) is 0.545. The van der Waals surface area contributed by atoms with Gasteiger partial charge in [0, 0.05) is 23.8 Å². The number of aromatic nitrogens is 1. The standard InChI is InChI=1S/C11H15ClN2O/c12-9-3-4-13-10(6-9)7-14-5-1-2-11(14)8-15/h3-4,6,11,15H,1-2,5,7-8H2/t11-/m0/s1. The Balaban J connectivity index is 2.02. The van der Waals surface area contributed by atoms with Crippen LogP contribution in [0, 0.1) is 0 Å². The van der Waals surface area contributed by atoms with Gasteiger partial charge in [0.15, 0.2) is 0 Å². The average Bonchev–Trinajstić information content (AvgIpc) is 2.65. The lowest BCUT2D eigenvalue weighted by atomic mass is 10.2. The highest BCUT2D eigenvalue weighted by Gasteiger charge is 2.23. The van der Waals surface area contributed by atoms with E-state index >= 15 is 0 Å². The van der Waals surface area contributed by atoms with Gasteiger partial charge in [0.25, 0.3) is 0 Å². The molecule has 15 heavy (non-hydrogen) atoms. The van der Waals surface area contributed by atoms with E-state index in [4.69, 9.17) is 11.6 Å². The highest BCUT2D eigenvalue weighted by Crippen LogP contribution is 2.19. The first-order chi connectivity index (χ1) is 7.29. The van der Waals surface area contributed by atoms with Crippen molar-refractivity contribution in [2.75, 3.05) is 13.2 Å². The summed E-state index contributed by atoms with van der Waals surface area (Å²) in [5.74, 6) is 0. The van der Waals surface area contributed by atoms with Gasteiger partial charge in [-0.15, -0.1) is 0 Å². The third-order valence-electron chi connectivity index (χ3n) is 2.85. The molecule has 1 aliphatic rings. The SMILES string of the molecule is OC[C@@H]1CCCN1Cc1cc(Cl)ccn1. The Morgan fingerprint density at radius 1 is 1.60 bits per heavy atom. The van der Waals surface area contributed by atoms with E-state index in [-0.39, 0.29) is 6.61 Å². The summed E-state index contributed by atoms with van der Waals surface area (Å²) in [6, 6.07) is 3.96. The van der Waals surface area contributed by atoms with Crippen LogP contribution >= 0.6 is 11.6 Å². The number of hydrogen-bond donors (Lipinski definition) is 1. The zero-order chi connectivity index (χ0) is 10.7. The molecular weight excluding hydrogens is 212 g/mol. The molecule has 4 heteroatoms. The Kier molecular flexibility index (Phi) is 3.57. The van der Waals surface area contributed by atoms with Gasteiger partial charge < -0.3 is 5.11 Å². The van der Waals surface area contributed by atoms with E-state index < -0.39 is 0 Å². The Labute approximate surface area is 94.7 Å². The zero-order valence-electron chi connectivity index (χ0n) is 8.56. The monoisotopic (exact) mass is 226 g/mol. The number of halogens is 1. The quantitative estimate of drug-likeness (QED) is 0.852. The number of aliphatic hydroxyl groups is 1. The summed E-state index contributed by atoms with van der Waals surface area (Å²) in [5.41, 5.74) is 0.975. The van der Waals surface area contributed by atoms with Crippen molar-refractivity contribution in [3.63, 3.8) is 0 Å². The van der Waals surface area contributed by atoms with Crippen LogP contribution in [0.2, 0.25) is 5.02 Å². The molecule has 1 aromatic rings. The summed E-state index contributed by atoms with van der Waals surface area (Å²) in [6.45, 7) is 2.06. The van der Waals surface area contributed by atoms with Crippen LogP contribution in [0.5, 0.6) is 0 Å². The first-order valence-corrected chi connectivity index (χ1v) is 5.63. The van der Waals surface area contributed by atoms with Gasteiger partial charge in [0.1, 0.15) is 0 Å². The van der Waals surface area contributed by atoms with Crippen LogP contribution in [-0.4, -0.2) is 34.2 Å². The first kappa shape index (κ1) is 10.9. The fourth-order valence-electron chi connectivity index (χ4n) is 2.05. The first-order valence-electron chi connectivity index (χ1n) is 5.25. The predicted octanol–water partition coefficient (Wildman–Crippen LogP) is 1.69. The van der Waals surface area contributed by atoms with Gasteiger partial charge in [-0.25, -0.2) is 0 Å². The van der Waals surface area contributed by atoms with Crippen LogP contribution in [0.1, 0.15) is 18.5 Å². The van der Waals surface area contributed by atoms with Crippen molar-refractivity contribution in [2.45, 2.75) is 25.4 Å². The average molecular weight is 227 g/mol. The molecule has 0 radical (unpaired) electrons. The van der Waals surface area contributed by atoms with Gasteiger partial charge in [-0.3, -0.25) is 9.88 Å². The predicted molar refractivity (Wildman–Crippen MR) is 59.8 cm³/mol. The van der Waals surface area contributed by atoms with Gasteiger partial charge >= 0.3 is 0 Å². The molecule has 2 heterocycles. The number of likely N-dealkylation sites (tertiary alicyclic amines) is 1. The van der Waals surface area contributed by atoms with Crippen molar-refractivity contribution < 1.29 is 5.11 Å². The fourth-order valence-corrected chi connectivity index (χ4v) is 2.24. The van der Waals surface area contributed by atoms with Crippen LogP contribution in [0.15, 0.2) is 18.3 Å². The number of nitrogens with zero attached hydrogens (tertiary/aromatic N) is 2. The molecule has 0 saturated carbocycles. The maximum atomic E-state index is 9.18. The largest absolute Gasteiger partial charge is 0.395 e. The van der Waals surface area contributed by atoms with Crippen molar-refractivity contribution in [3.8, 4) is 0 Å². The molecule has 2 rings (SSSR count). The topological polar surface area (TPSA) is 36.4 Å². The molecule has 1 fully saturated rings. The van der Waals surface area contributed by atoms with Crippen molar-refractivity contribution in [3.05, 3.63) is 29.0 Å².